The van der Waals surface area contributed by atoms with Gasteiger partial charge < -0.3 is 0 Å². The summed E-state index contributed by atoms with van der Waals surface area (Å²) in [5.41, 5.74) is 22.8. The minimum atomic E-state index is 0.987. The highest BCUT2D eigenvalue weighted by Crippen LogP contribution is 2.49. The van der Waals surface area contributed by atoms with Crippen LogP contribution in [0.2, 0.25) is 0 Å². The molecule has 0 nitrogen and oxygen atoms in total. The van der Waals surface area contributed by atoms with Crippen molar-refractivity contribution in [2.24, 2.45) is 0 Å². The number of thiophene rings is 2. The van der Waals surface area contributed by atoms with Crippen LogP contribution in [0.5, 0.6) is 0 Å². The first-order valence-corrected chi connectivity index (χ1v) is 23.3. The molecule has 0 saturated heterocycles. The third-order valence-electron chi connectivity index (χ3n) is 13.9. The summed E-state index contributed by atoms with van der Waals surface area (Å²) in [4.78, 5) is 0. The fraction of sp³-hybridized carbons (Fsp3) is 0.158. The van der Waals surface area contributed by atoms with Crippen molar-refractivity contribution in [2.45, 2.75) is 57.8 Å². The van der Waals surface area contributed by atoms with E-state index < -0.39 is 0 Å². The van der Waals surface area contributed by atoms with E-state index in [0.717, 1.165) is 6.42 Å². The van der Waals surface area contributed by atoms with Gasteiger partial charge >= 0.3 is 0 Å². The monoisotopic (exact) mass is 790 g/mol. The van der Waals surface area contributed by atoms with Crippen LogP contribution in [0.3, 0.4) is 0 Å². The molecule has 0 bridgehead atoms. The van der Waals surface area contributed by atoms with Crippen molar-refractivity contribution in [1.29, 1.82) is 0 Å². The Labute approximate surface area is 353 Å². The van der Waals surface area contributed by atoms with Gasteiger partial charge in [-0.1, -0.05) is 133 Å². The largest absolute Gasteiger partial charge is 0.134 e. The van der Waals surface area contributed by atoms with Crippen molar-refractivity contribution < 1.29 is 0 Å². The Morgan fingerprint density at radius 2 is 0.661 bits per heavy atom. The fourth-order valence-corrected chi connectivity index (χ4v) is 13.8. The maximum atomic E-state index is 2.49. The zero-order valence-electron chi connectivity index (χ0n) is 33.0. The van der Waals surface area contributed by atoms with Crippen molar-refractivity contribution in [2.75, 3.05) is 0 Å². The lowest BCUT2D eigenvalue weighted by Crippen LogP contribution is -2.04. The standard InChI is InChI=1S/C57H42S2/c1-3-15-40-34(11-1)13-5-19-44(40)46-21-9-25-50-48-23-7-17-42(54(48)58-56(46)50)38-29-27-36-31-37-28-30-39(33-53(37)52(36)32-38)43-18-8-24-49-51-26-10-22-47(57(51)59-55(43)49)45-20-6-14-35-12-2-4-16-41(35)45/h5-10,13-14,17-30,32-33H,1-4,11-12,15-16,31H2. The van der Waals surface area contributed by atoms with Gasteiger partial charge in [0.05, 0.1) is 0 Å². The first-order valence-electron chi connectivity index (χ1n) is 21.6. The maximum Gasteiger partial charge on any atom is 0.0434 e. The molecule has 10 aromatic rings. The van der Waals surface area contributed by atoms with E-state index >= 15 is 0 Å². The molecule has 59 heavy (non-hydrogen) atoms. The molecule has 282 valence electrons. The van der Waals surface area contributed by atoms with Gasteiger partial charge in [-0.2, -0.15) is 0 Å². The smallest absolute Gasteiger partial charge is 0.0434 e. The van der Waals surface area contributed by atoms with E-state index in [4.69, 9.17) is 0 Å². The molecule has 0 unspecified atom stereocenters. The van der Waals surface area contributed by atoms with Crippen molar-refractivity contribution in [3.63, 3.8) is 0 Å². The van der Waals surface area contributed by atoms with E-state index in [9.17, 15) is 0 Å². The molecule has 0 N–H and O–H groups in total. The molecule has 13 rings (SSSR count). The van der Waals surface area contributed by atoms with Crippen molar-refractivity contribution in [3.8, 4) is 55.6 Å². The first-order chi connectivity index (χ1) is 29.2. The second-order valence-electron chi connectivity index (χ2n) is 17.2. The Bertz CT molecular complexity index is 3140. The van der Waals surface area contributed by atoms with E-state index in [0.29, 0.717) is 0 Å². The van der Waals surface area contributed by atoms with E-state index in [1.165, 1.54) is 158 Å². The SMILES string of the molecule is c1cc2c(c(-c3cccc4c3sc3c(-c5ccc6c(c5)-c5cc(-c7cccc8c7sc7c(-c9cccc%10c9CCCC%10)cccc78)ccc5C6)cccc34)c1)CCCC2. The van der Waals surface area contributed by atoms with Crippen LogP contribution in [0.4, 0.5) is 0 Å². The minimum absolute atomic E-state index is 0.987. The third-order valence-corrected chi connectivity index (χ3v) is 16.5. The van der Waals surface area contributed by atoms with Gasteiger partial charge in [0, 0.05) is 40.3 Å². The normalized spacial score (nSPS) is 14.5. The predicted molar refractivity (Wildman–Crippen MR) is 255 cm³/mol. The van der Waals surface area contributed by atoms with Gasteiger partial charge in [0.15, 0.2) is 0 Å². The summed E-state index contributed by atoms with van der Waals surface area (Å²) in [6.45, 7) is 0. The van der Waals surface area contributed by atoms with Crippen LogP contribution in [0.15, 0.2) is 146 Å². The number of hydrogen-bond acceptors (Lipinski definition) is 2. The van der Waals surface area contributed by atoms with Gasteiger partial charge in [0.1, 0.15) is 0 Å². The topological polar surface area (TPSA) is 0 Å². The summed E-state index contributed by atoms with van der Waals surface area (Å²) < 4.78 is 5.60. The molecule has 0 atom stereocenters. The van der Waals surface area contributed by atoms with Gasteiger partial charge in [-0.3, -0.25) is 0 Å². The number of benzene rings is 8. The molecule has 0 aliphatic heterocycles. The van der Waals surface area contributed by atoms with Crippen LogP contribution in [-0.4, -0.2) is 0 Å². The molecule has 3 aliphatic carbocycles. The van der Waals surface area contributed by atoms with Crippen molar-refractivity contribution >= 4 is 63.0 Å². The minimum Gasteiger partial charge on any atom is -0.134 e. The summed E-state index contributed by atoms with van der Waals surface area (Å²) in [6.07, 6.45) is 11.0. The van der Waals surface area contributed by atoms with Gasteiger partial charge in [0.2, 0.25) is 0 Å². The summed E-state index contributed by atoms with van der Waals surface area (Å²) >= 11 is 3.97. The molecule has 0 fully saturated rings. The highest BCUT2D eigenvalue weighted by atomic mass is 32.1. The van der Waals surface area contributed by atoms with Crippen LogP contribution < -0.4 is 0 Å². The first kappa shape index (κ1) is 34.1. The van der Waals surface area contributed by atoms with E-state index in [1.54, 1.807) is 22.3 Å². The molecule has 2 heterocycles. The molecule has 3 aliphatic rings. The van der Waals surface area contributed by atoms with Crippen molar-refractivity contribution in [3.05, 3.63) is 179 Å². The van der Waals surface area contributed by atoms with E-state index in [1.807, 2.05) is 22.7 Å². The second-order valence-corrected chi connectivity index (χ2v) is 19.2. The zero-order chi connectivity index (χ0) is 38.6. The summed E-state index contributed by atoms with van der Waals surface area (Å²) in [7, 11) is 0. The average molecular weight is 791 g/mol. The number of aryl methyl sites for hydroxylation is 2. The van der Waals surface area contributed by atoms with Crippen LogP contribution in [0.1, 0.15) is 59.1 Å². The Morgan fingerprint density at radius 1 is 0.288 bits per heavy atom. The number of fused-ring (bicyclic) bond motifs is 11. The molecule has 8 aromatic carbocycles. The van der Waals surface area contributed by atoms with Gasteiger partial charge in [-0.05, 0) is 159 Å². The highest BCUT2D eigenvalue weighted by Gasteiger charge is 2.24. The molecular weight excluding hydrogens is 749 g/mol. The second kappa shape index (κ2) is 13.4. The lowest BCUT2D eigenvalue weighted by Gasteiger charge is -2.19. The lowest BCUT2D eigenvalue weighted by atomic mass is 9.85. The van der Waals surface area contributed by atoms with E-state index in [2.05, 4.69) is 146 Å². The van der Waals surface area contributed by atoms with E-state index in [-0.39, 0.29) is 0 Å². The highest BCUT2D eigenvalue weighted by molar-refractivity contribution is 7.27. The van der Waals surface area contributed by atoms with Crippen LogP contribution in [0, 0.1) is 0 Å². The maximum absolute atomic E-state index is 2.49. The Balaban J connectivity index is 0.918. The molecule has 0 spiro atoms. The molecular formula is C57H42S2. The van der Waals surface area contributed by atoms with Crippen LogP contribution >= 0.6 is 22.7 Å². The van der Waals surface area contributed by atoms with Crippen LogP contribution in [-0.2, 0) is 32.1 Å². The van der Waals surface area contributed by atoms with Crippen LogP contribution in [0.25, 0.3) is 96.0 Å². The molecule has 0 radical (unpaired) electrons. The molecule has 0 amide bonds. The fourth-order valence-electron chi connectivity index (χ4n) is 11.1. The molecule has 2 aromatic heterocycles. The van der Waals surface area contributed by atoms with Gasteiger partial charge in [-0.25, -0.2) is 0 Å². The third kappa shape index (κ3) is 5.26. The zero-order valence-corrected chi connectivity index (χ0v) is 34.7. The predicted octanol–water partition coefficient (Wildman–Crippen LogP) is 16.4. The van der Waals surface area contributed by atoms with Gasteiger partial charge in [-0.15, -0.1) is 22.7 Å². The average Bonchev–Trinajstić information content (AvgIpc) is 4.00. The van der Waals surface area contributed by atoms with Crippen molar-refractivity contribution in [1.82, 2.24) is 0 Å². The lowest BCUT2D eigenvalue weighted by molar-refractivity contribution is 0.687. The molecule has 0 saturated carbocycles. The Kier molecular flexibility index (Phi) is 7.72. The van der Waals surface area contributed by atoms with Gasteiger partial charge in [0.25, 0.3) is 0 Å². The number of hydrogen-bond donors (Lipinski definition) is 0. The quantitative estimate of drug-likeness (QED) is 0.167. The summed E-state index contributed by atoms with van der Waals surface area (Å²) in [5, 5.41) is 5.48. The summed E-state index contributed by atoms with van der Waals surface area (Å²) in [6, 6.07) is 56.4. The number of rotatable bonds is 4. The Hall–Kier alpha value is -5.80. The summed E-state index contributed by atoms with van der Waals surface area (Å²) in [5.74, 6) is 0. The molecule has 2 heteroatoms. The Morgan fingerprint density at radius 3 is 1.12 bits per heavy atom.